The van der Waals surface area contributed by atoms with Crippen molar-refractivity contribution in [3.63, 3.8) is 0 Å². The number of rotatable bonds is 5. The fraction of sp³-hybridized carbons (Fsp3) is 0.316. The highest BCUT2D eigenvalue weighted by Gasteiger charge is 2.47. The van der Waals surface area contributed by atoms with Gasteiger partial charge in [-0.3, -0.25) is 9.69 Å². The van der Waals surface area contributed by atoms with Crippen molar-refractivity contribution in [1.82, 2.24) is 5.32 Å². The molecule has 3 nitrogen and oxygen atoms in total. The number of benzene rings is 2. The lowest BCUT2D eigenvalue weighted by atomic mass is 9.79. The van der Waals surface area contributed by atoms with E-state index in [2.05, 4.69) is 18.3 Å². The zero-order valence-electron chi connectivity index (χ0n) is 13.6. The third kappa shape index (κ3) is 2.99. The Bertz CT molecular complexity index is 674. The lowest BCUT2D eigenvalue weighted by molar-refractivity contribution is -0.122. The standard InChI is InChI=1S/C19H22N2O.ClH/c1-19(13-8-14-20-2)16-11-6-7-12-17(16)21(18(19)22)15-9-4-3-5-10-15;/h3-7,9-12,20H,8,13-14H2,1-2H3;1H/t19-;/m1./s1. The maximum atomic E-state index is 13.2. The largest absolute Gasteiger partial charge is 0.320 e. The molecule has 1 aliphatic rings. The molecular formula is C19H23ClN2O. The summed E-state index contributed by atoms with van der Waals surface area (Å²) in [6, 6.07) is 18.1. The molecule has 1 N–H and O–H groups in total. The van der Waals surface area contributed by atoms with Crippen LogP contribution in [0.3, 0.4) is 0 Å². The lowest BCUT2D eigenvalue weighted by Gasteiger charge is -2.24. The van der Waals surface area contributed by atoms with Gasteiger partial charge in [-0.15, -0.1) is 12.4 Å². The molecule has 23 heavy (non-hydrogen) atoms. The second kappa shape index (κ2) is 7.16. The van der Waals surface area contributed by atoms with E-state index >= 15 is 0 Å². The number of halogens is 1. The van der Waals surface area contributed by atoms with E-state index in [1.54, 1.807) is 0 Å². The van der Waals surface area contributed by atoms with Gasteiger partial charge in [-0.25, -0.2) is 0 Å². The Hall–Kier alpha value is -1.84. The van der Waals surface area contributed by atoms with E-state index in [0.29, 0.717) is 0 Å². The van der Waals surface area contributed by atoms with Crippen LogP contribution in [0, 0.1) is 0 Å². The summed E-state index contributed by atoms with van der Waals surface area (Å²) in [6.07, 6.45) is 1.84. The number of para-hydroxylation sites is 2. The van der Waals surface area contributed by atoms with Gasteiger partial charge in [0, 0.05) is 5.69 Å². The summed E-state index contributed by atoms with van der Waals surface area (Å²) >= 11 is 0. The van der Waals surface area contributed by atoms with Gasteiger partial charge in [0.05, 0.1) is 11.1 Å². The Morgan fingerprint density at radius 2 is 1.70 bits per heavy atom. The summed E-state index contributed by atoms with van der Waals surface area (Å²) < 4.78 is 0. The van der Waals surface area contributed by atoms with E-state index in [-0.39, 0.29) is 18.3 Å². The minimum Gasteiger partial charge on any atom is -0.320 e. The maximum absolute atomic E-state index is 13.2. The monoisotopic (exact) mass is 330 g/mol. The molecule has 0 radical (unpaired) electrons. The summed E-state index contributed by atoms with van der Waals surface area (Å²) in [5.41, 5.74) is 2.66. The normalized spacial score (nSPS) is 19.4. The van der Waals surface area contributed by atoms with Gasteiger partial charge in [-0.2, -0.15) is 0 Å². The van der Waals surface area contributed by atoms with Crippen molar-refractivity contribution in [1.29, 1.82) is 0 Å². The third-order valence-corrected chi connectivity index (χ3v) is 4.53. The van der Waals surface area contributed by atoms with Crippen molar-refractivity contribution in [2.24, 2.45) is 0 Å². The topological polar surface area (TPSA) is 32.3 Å². The molecule has 1 atom stereocenters. The molecule has 122 valence electrons. The molecule has 1 amide bonds. The lowest BCUT2D eigenvalue weighted by Crippen LogP contribution is -2.36. The van der Waals surface area contributed by atoms with Gasteiger partial charge in [0.15, 0.2) is 0 Å². The summed E-state index contributed by atoms with van der Waals surface area (Å²) in [5, 5.41) is 3.17. The first-order valence-electron chi connectivity index (χ1n) is 7.82. The van der Waals surface area contributed by atoms with Gasteiger partial charge in [0.1, 0.15) is 0 Å². The summed E-state index contributed by atoms with van der Waals surface area (Å²) in [6.45, 7) is 3.00. The van der Waals surface area contributed by atoms with Crippen LogP contribution in [0.5, 0.6) is 0 Å². The molecule has 4 heteroatoms. The maximum Gasteiger partial charge on any atom is 0.241 e. The minimum absolute atomic E-state index is 0. The number of fused-ring (bicyclic) bond motifs is 1. The van der Waals surface area contributed by atoms with Crippen molar-refractivity contribution in [3.8, 4) is 0 Å². The van der Waals surface area contributed by atoms with Crippen molar-refractivity contribution in [2.45, 2.75) is 25.2 Å². The van der Waals surface area contributed by atoms with E-state index in [4.69, 9.17) is 0 Å². The molecule has 1 heterocycles. The predicted octanol–water partition coefficient (Wildman–Crippen LogP) is 4.04. The Morgan fingerprint density at radius 1 is 1.04 bits per heavy atom. The Balaban J connectivity index is 0.00000192. The van der Waals surface area contributed by atoms with Crippen molar-refractivity contribution < 1.29 is 4.79 Å². The summed E-state index contributed by atoms with van der Waals surface area (Å²) in [7, 11) is 1.95. The van der Waals surface area contributed by atoms with Crippen molar-refractivity contribution in [2.75, 3.05) is 18.5 Å². The molecule has 0 spiro atoms. The average Bonchev–Trinajstić information content (AvgIpc) is 2.77. The van der Waals surface area contributed by atoms with Gasteiger partial charge in [-0.1, -0.05) is 36.4 Å². The van der Waals surface area contributed by atoms with Crippen LogP contribution in [0.1, 0.15) is 25.3 Å². The van der Waals surface area contributed by atoms with E-state index in [1.807, 2.05) is 60.5 Å². The highest BCUT2D eigenvalue weighted by Crippen LogP contribution is 2.47. The first kappa shape index (κ1) is 17.5. The number of hydrogen-bond donors (Lipinski definition) is 1. The smallest absolute Gasteiger partial charge is 0.241 e. The molecule has 1 aliphatic heterocycles. The molecule has 2 aromatic carbocycles. The fourth-order valence-corrected chi connectivity index (χ4v) is 3.30. The highest BCUT2D eigenvalue weighted by atomic mass is 35.5. The van der Waals surface area contributed by atoms with Crippen molar-refractivity contribution >= 4 is 29.7 Å². The molecule has 0 bridgehead atoms. The van der Waals surface area contributed by atoms with Crippen LogP contribution in [-0.4, -0.2) is 19.5 Å². The van der Waals surface area contributed by atoms with Crippen LogP contribution in [0.2, 0.25) is 0 Å². The average molecular weight is 331 g/mol. The predicted molar refractivity (Wildman–Crippen MR) is 97.8 cm³/mol. The van der Waals surface area contributed by atoms with E-state index < -0.39 is 5.41 Å². The second-order valence-corrected chi connectivity index (χ2v) is 6.03. The number of carbonyl (C=O) groups excluding carboxylic acids is 1. The SMILES string of the molecule is CNCCC[C@@]1(C)C(=O)N(c2ccccc2)c2ccccc21.Cl. The number of nitrogens with zero attached hydrogens (tertiary/aromatic N) is 1. The number of amides is 1. The molecule has 0 aliphatic carbocycles. The van der Waals surface area contributed by atoms with Crippen LogP contribution in [-0.2, 0) is 10.2 Å². The first-order valence-corrected chi connectivity index (χ1v) is 7.82. The Labute approximate surface area is 144 Å². The second-order valence-electron chi connectivity index (χ2n) is 6.03. The number of anilines is 2. The van der Waals surface area contributed by atoms with Gasteiger partial charge in [0.25, 0.3) is 0 Å². The summed E-state index contributed by atoms with van der Waals surface area (Å²) in [4.78, 5) is 15.1. The number of hydrogen-bond acceptors (Lipinski definition) is 2. The van der Waals surface area contributed by atoms with Crippen molar-refractivity contribution in [3.05, 3.63) is 60.2 Å². The zero-order chi connectivity index (χ0) is 15.6. The molecule has 2 aromatic rings. The fourth-order valence-electron chi connectivity index (χ4n) is 3.30. The Morgan fingerprint density at radius 3 is 2.39 bits per heavy atom. The van der Waals surface area contributed by atoms with Gasteiger partial charge in [0.2, 0.25) is 5.91 Å². The minimum atomic E-state index is -0.441. The molecular weight excluding hydrogens is 308 g/mol. The number of carbonyl (C=O) groups is 1. The number of nitrogens with one attached hydrogen (secondary N) is 1. The molecule has 0 saturated carbocycles. The molecule has 3 rings (SSSR count). The molecule has 0 saturated heterocycles. The van der Waals surface area contributed by atoms with Crippen LogP contribution < -0.4 is 10.2 Å². The van der Waals surface area contributed by atoms with E-state index in [0.717, 1.165) is 36.3 Å². The summed E-state index contributed by atoms with van der Waals surface area (Å²) in [5.74, 6) is 0.177. The highest BCUT2D eigenvalue weighted by molar-refractivity contribution is 6.12. The van der Waals surface area contributed by atoms with Crippen LogP contribution in [0.4, 0.5) is 11.4 Å². The van der Waals surface area contributed by atoms with Crippen LogP contribution in [0.15, 0.2) is 54.6 Å². The molecule has 0 aromatic heterocycles. The van der Waals surface area contributed by atoms with Gasteiger partial charge in [-0.05, 0) is 57.1 Å². The van der Waals surface area contributed by atoms with E-state index in [9.17, 15) is 4.79 Å². The van der Waals surface area contributed by atoms with Gasteiger partial charge >= 0.3 is 0 Å². The van der Waals surface area contributed by atoms with E-state index in [1.165, 1.54) is 0 Å². The van der Waals surface area contributed by atoms with Gasteiger partial charge < -0.3 is 5.32 Å². The van der Waals surface area contributed by atoms with Crippen LogP contribution >= 0.6 is 12.4 Å². The third-order valence-electron chi connectivity index (χ3n) is 4.53. The quantitative estimate of drug-likeness (QED) is 0.839. The zero-order valence-corrected chi connectivity index (χ0v) is 14.4. The first-order chi connectivity index (χ1) is 10.7. The van der Waals surface area contributed by atoms with Crippen LogP contribution in [0.25, 0.3) is 0 Å². The molecule has 0 unspecified atom stereocenters. The Kier molecular flexibility index (Phi) is 5.45. The molecule has 0 fully saturated rings.